The number of hydrogen-bond acceptors (Lipinski definition) is 3. The Hall–Kier alpha value is -2.59. The first-order valence-corrected chi connectivity index (χ1v) is 9.05. The molecule has 4 heteroatoms. The normalized spacial score (nSPS) is 10.5. The predicted octanol–water partition coefficient (Wildman–Crippen LogP) is 5.50. The average molecular weight is 351 g/mol. The van der Waals surface area contributed by atoms with Crippen molar-refractivity contribution < 1.29 is 9.53 Å². The molecule has 0 saturated carbocycles. The maximum absolute atomic E-state index is 12.5. The lowest BCUT2D eigenvalue weighted by molar-refractivity contribution is 0.103. The van der Waals surface area contributed by atoms with E-state index in [4.69, 9.17) is 4.74 Å². The van der Waals surface area contributed by atoms with Crippen LogP contribution in [0.25, 0.3) is 0 Å². The van der Waals surface area contributed by atoms with Crippen molar-refractivity contribution in [2.45, 2.75) is 27.4 Å². The minimum atomic E-state index is -0.0831. The van der Waals surface area contributed by atoms with Crippen LogP contribution in [-0.4, -0.2) is 5.91 Å². The number of ether oxygens (including phenoxy) is 1. The molecule has 0 aliphatic heterocycles. The summed E-state index contributed by atoms with van der Waals surface area (Å²) in [5.74, 6) is 0.749. The number of aryl methyl sites for hydroxylation is 2. The number of carbonyl (C=O) groups excluding carboxylic acids is 1. The quantitative estimate of drug-likeness (QED) is 0.659. The lowest BCUT2D eigenvalue weighted by atomic mass is 10.1. The number of rotatable bonds is 5. The minimum absolute atomic E-state index is 0.0831. The molecule has 1 N–H and O–H groups in total. The zero-order chi connectivity index (χ0) is 17.8. The van der Waals surface area contributed by atoms with Crippen LogP contribution in [-0.2, 0) is 6.61 Å². The molecule has 0 unspecified atom stereocenters. The molecule has 1 amide bonds. The predicted molar refractivity (Wildman–Crippen MR) is 104 cm³/mol. The van der Waals surface area contributed by atoms with E-state index in [-0.39, 0.29) is 5.91 Å². The first kappa shape index (κ1) is 17.2. The van der Waals surface area contributed by atoms with Gasteiger partial charge in [0, 0.05) is 11.3 Å². The fourth-order valence-corrected chi connectivity index (χ4v) is 3.23. The van der Waals surface area contributed by atoms with Crippen molar-refractivity contribution in [2.75, 3.05) is 5.32 Å². The van der Waals surface area contributed by atoms with Gasteiger partial charge in [-0.2, -0.15) is 0 Å². The maximum atomic E-state index is 12.5. The molecule has 1 aromatic heterocycles. The Morgan fingerprint density at radius 2 is 1.84 bits per heavy atom. The number of benzene rings is 2. The molecular weight excluding hydrogens is 330 g/mol. The second-order valence-corrected chi connectivity index (χ2v) is 7.03. The SMILES string of the molecule is Cc1ccc(OCc2csc(C(=O)Nc3cccc(C)c3C)c2)cc1. The molecule has 0 radical (unpaired) electrons. The molecule has 3 nitrogen and oxygen atoms in total. The number of nitrogens with one attached hydrogen (secondary N) is 1. The van der Waals surface area contributed by atoms with Crippen molar-refractivity contribution >= 4 is 22.9 Å². The van der Waals surface area contributed by atoms with Crippen LogP contribution in [0.15, 0.2) is 53.9 Å². The van der Waals surface area contributed by atoms with Crippen LogP contribution in [0.4, 0.5) is 5.69 Å². The van der Waals surface area contributed by atoms with Gasteiger partial charge >= 0.3 is 0 Å². The summed E-state index contributed by atoms with van der Waals surface area (Å²) in [6.45, 7) is 6.55. The Balaban J connectivity index is 1.63. The fraction of sp³-hybridized carbons (Fsp3) is 0.190. The highest BCUT2D eigenvalue weighted by molar-refractivity contribution is 7.12. The summed E-state index contributed by atoms with van der Waals surface area (Å²) < 4.78 is 5.77. The molecule has 1 heterocycles. The number of amides is 1. The van der Waals surface area contributed by atoms with Crippen LogP contribution in [0, 0.1) is 20.8 Å². The zero-order valence-corrected chi connectivity index (χ0v) is 15.4. The molecule has 0 saturated heterocycles. The minimum Gasteiger partial charge on any atom is -0.489 e. The summed E-state index contributed by atoms with van der Waals surface area (Å²) in [5, 5.41) is 4.96. The van der Waals surface area contributed by atoms with Gasteiger partial charge in [-0.25, -0.2) is 0 Å². The van der Waals surface area contributed by atoms with E-state index in [0.29, 0.717) is 11.5 Å². The second-order valence-electron chi connectivity index (χ2n) is 6.12. The lowest BCUT2D eigenvalue weighted by Gasteiger charge is -2.09. The van der Waals surface area contributed by atoms with Gasteiger partial charge in [-0.3, -0.25) is 4.79 Å². The molecular formula is C21H21NO2S. The highest BCUT2D eigenvalue weighted by Gasteiger charge is 2.11. The smallest absolute Gasteiger partial charge is 0.265 e. The summed E-state index contributed by atoms with van der Waals surface area (Å²) in [6, 6.07) is 15.8. The molecule has 0 bridgehead atoms. The van der Waals surface area contributed by atoms with Crippen LogP contribution in [0.2, 0.25) is 0 Å². The highest BCUT2D eigenvalue weighted by Crippen LogP contribution is 2.22. The van der Waals surface area contributed by atoms with Crippen molar-refractivity contribution in [1.29, 1.82) is 0 Å². The van der Waals surface area contributed by atoms with Gasteiger partial charge in [0.15, 0.2) is 0 Å². The summed E-state index contributed by atoms with van der Waals surface area (Å²) in [4.78, 5) is 13.1. The molecule has 0 spiro atoms. The molecule has 0 atom stereocenters. The van der Waals surface area contributed by atoms with E-state index in [2.05, 4.69) is 5.32 Å². The van der Waals surface area contributed by atoms with E-state index < -0.39 is 0 Å². The van der Waals surface area contributed by atoms with Crippen molar-refractivity contribution in [3.8, 4) is 5.75 Å². The van der Waals surface area contributed by atoms with E-state index in [9.17, 15) is 4.79 Å². The molecule has 0 fully saturated rings. The molecule has 3 rings (SSSR count). The van der Waals surface area contributed by atoms with Crippen molar-refractivity contribution in [1.82, 2.24) is 0 Å². The molecule has 3 aromatic rings. The third-order valence-corrected chi connectivity index (χ3v) is 5.13. The monoisotopic (exact) mass is 351 g/mol. The van der Waals surface area contributed by atoms with Gasteiger partial charge in [0.1, 0.15) is 12.4 Å². The number of hydrogen-bond donors (Lipinski definition) is 1. The largest absolute Gasteiger partial charge is 0.489 e. The molecule has 128 valence electrons. The third kappa shape index (κ3) is 4.28. The van der Waals surface area contributed by atoms with Gasteiger partial charge in [0.05, 0.1) is 4.88 Å². The van der Waals surface area contributed by atoms with Crippen molar-refractivity contribution in [3.63, 3.8) is 0 Å². The molecule has 25 heavy (non-hydrogen) atoms. The summed E-state index contributed by atoms with van der Waals surface area (Å²) in [6.07, 6.45) is 0. The van der Waals surface area contributed by atoms with E-state index >= 15 is 0 Å². The summed E-state index contributed by atoms with van der Waals surface area (Å²) in [7, 11) is 0. The van der Waals surface area contributed by atoms with E-state index in [1.54, 1.807) is 0 Å². The van der Waals surface area contributed by atoms with Crippen LogP contribution in [0.3, 0.4) is 0 Å². The van der Waals surface area contributed by atoms with Gasteiger partial charge < -0.3 is 10.1 Å². The lowest BCUT2D eigenvalue weighted by Crippen LogP contribution is -2.11. The van der Waals surface area contributed by atoms with Crippen LogP contribution in [0.1, 0.15) is 31.9 Å². The maximum Gasteiger partial charge on any atom is 0.265 e. The van der Waals surface area contributed by atoms with Crippen LogP contribution in [0.5, 0.6) is 5.75 Å². The topological polar surface area (TPSA) is 38.3 Å². The molecule has 0 aliphatic carbocycles. The number of carbonyl (C=O) groups is 1. The Kier molecular flexibility index (Phi) is 5.19. The van der Waals surface area contributed by atoms with Crippen LogP contribution >= 0.6 is 11.3 Å². The summed E-state index contributed by atoms with van der Waals surface area (Å²) in [5.41, 5.74) is 5.31. The highest BCUT2D eigenvalue weighted by atomic mass is 32.1. The third-order valence-electron chi connectivity index (χ3n) is 4.16. The second kappa shape index (κ2) is 7.53. The summed E-state index contributed by atoms with van der Waals surface area (Å²) >= 11 is 1.43. The Morgan fingerprint density at radius 1 is 1.08 bits per heavy atom. The fourth-order valence-electron chi connectivity index (χ4n) is 2.44. The first-order chi connectivity index (χ1) is 12.0. The molecule has 0 aliphatic rings. The zero-order valence-electron chi connectivity index (χ0n) is 14.6. The Morgan fingerprint density at radius 3 is 2.60 bits per heavy atom. The Labute approximate surface area is 152 Å². The standard InChI is InChI=1S/C21H21NO2S/c1-14-7-9-18(10-8-14)24-12-17-11-20(25-13-17)21(23)22-19-6-4-5-15(2)16(19)3/h4-11,13H,12H2,1-3H3,(H,22,23). The van der Waals surface area contributed by atoms with Gasteiger partial charge in [0.25, 0.3) is 5.91 Å². The van der Waals surface area contributed by atoms with Gasteiger partial charge in [0.2, 0.25) is 0 Å². The van der Waals surface area contributed by atoms with E-state index in [1.165, 1.54) is 16.9 Å². The number of thiophene rings is 1. The Bertz CT molecular complexity index is 881. The van der Waals surface area contributed by atoms with Gasteiger partial charge in [-0.15, -0.1) is 11.3 Å². The van der Waals surface area contributed by atoms with Crippen molar-refractivity contribution in [2.24, 2.45) is 0 Å². The van der Waals surface area contributed by atoms with E-state index in [1.807, 2.05) is 74.7 Å². The number of anilines is 1. The van der Waals surface area contributed by atoms with Gasteiger partial charge in [-0.05, 0) is 61.5 Å². The average Bonchev–Trinajstić information content (AvgIpc) is 3.08. The van der Waals surface area contributed by atoms with Crippen molar-refractivity contribution in [3.05, 3.63) is 81.0 Å². The first-order valence-electron chi connectivity index (χ1n) is 8.17. The molecule has 2 aromatic carbocycles. The van der Waals surface area contributed by atoms with Gasteiger partial charge in [-0.1, -0.05) is 29.8 Å². The van der Waals surface area contributed by atoms with E-state index in [0.717, 1.165) is 28.1 Å². The van der Waals surface area contributed by atoms with Crippen LogP contribution < -0.4 is 10.1 Å².